The second-order valence-electron chi connectivity index (χ2n) is 4.89. The number of carbonyl (C=O) groups excluding carboxylic acids is 1. The minimum Gasteiger partial charge on any atom is -0.348 e. The zero-order chi connectivity index (χ0) is 13.8. The molecule has 0 bridgehead atoms. The van der Waals surface area contributed by atoms with Gasteiger partial charge in [-0.3, -0.25) is 4.79 Å². The van der Waals surface area contributed by atoms with Crippen molar-refractivity contribution < 1.29 is 4.79 Å². The van der Waals surface area contributed by atoms with Crippen molar-refractivity contribution in [2.24, 2.45) is 5.92 Å². The van der Waals surface area contributed by atoms with Crippen LogP contribution in [0.1, 0.15) is 43.1 Å². The molecule has 2 atom stereocenters. The van der Waals surface area contributed by atoms with Gasteiger partial charge in [-0.15, -0.1) is 0 Å². The van der Waals surface area contributed by atoms with Gasteiger partial charge >= 0.3 is 0 Å². The third-order valence-corrected chi connectivity index (χ3v) is 4.39. The number of nitrogens with zero attached hydrogens (tertiary/aromatic N) is 2. The molecule has 0 radical (unpaired) electrons. The third-order valence-electron chi connectivity index (χ3n) is 3.55. The molecule has 2 rings (SSSR count). The zero-order valence-electron chi connectivity index (χ0n) is 11.1. The average molecular weight is 300 g/mol. The van der Waals surface area contributed by atoms with Gasteiger partial charge in [-0.1, -0.05) is 43.1 Å². The maximum absolute atomic E-state index is 12.3. The van der Waals surface area contributed by atoms with Crippen molar-refractivity contribution >= 4 is 29.3 Å². The van der Waals surface area contributed by atoms with Crippen LogP contribution in [0.15, 0.2) is 11.4 Å². The van der Waals surface area contributed by atoms with Crippen LogP contribution in [0.25, 0.3) is 0 Å². The van der Waals surface area contributed by atoms with E-state index in [4.69, 9.17) is 11.6 Å². The summed E-state index contributed by atoms with van der Waals surface area (Å²) in [5.74, 6) is 0.319. The van der Waals surface area contributed by atoms with Crippen LogP contribution < -0.4 is 5.32 Å². The highest BCUT2D eigenvalue weighted by Crippen LogP contribution is 2.24. The number of thioether (sulfide) groups is 1. The van der Waals surface area contributed by atoms with E-state index in [-0.39, 0.29) is 17.6 Å². The van der Waals surface area contributed by atoms with Crippen molar-refractivity contribution in [2.45, 2.75) is 43.8 Å². The highest BCUT2D eigenvalue weighted by molar-refractivity contribution is 7.98. The first-order valence-corrected chi connectivity index (χ1v) is 8.09. The number of carbonyl (C=O) groups is 1. The summed E-state index contributed by atoms with van der Waals surface area (Å²) < 4.78 is 0. The maximum Gasteiger partial charge on any atom is 0.271 e. The molecule has 0 unspecified atom stereocenters. The standard InChI is InChI=1S/C13H18ClN3OS/c1-8-5-3-4-6-10(8)16-12(18)11-9(14)7-15-13(17-11)19-2/h7-8,10H,3-6H2,1-2H3,(H,16,18)/t8-,10+/m1/s1. The Labute approximate surface area is 122 Å². The molecule has 0 saturated heterocycles. The summed E-state index contributed by atoms with van der Waals surface area (Å²) in [6, 6.07) is 0.227. The Morgan fingerprint density at radius 1 is 1.47 bits per heavy atom. The molecule has 19 heavy (non-hydrogen) atoms. The third kappa shape index (κ3) is 3.60. The first kappa shape index (κ1) is 14.6. The fraction of sp³-hybridized carbons (Fsp3) is 0.615. The molecule has 0 aliphatic heterocycles. The minimum atomic E-state index is -0.193. The van der Waals surface area contributed by atoms with Gasteiger partial charge in [-0.2, -0.15) is 0 Å². The van der Waals surface area contributed by atoms with Crippen molar-refractivity contribution in [2.75, 3.05) is 6.26 Å². The molecule has 6 heteroatoms. The van der Waals surface area contributed by atoms with Crippen LogP contribution in [0.3, 0.4) is 0 Å². The molecule has 4 nitrogen and oxygen atoms in total. The van der Waals surface area contributed by atoms with Crippen LogP contribution in [0.4, 0.5) is 0 Å². The predicted octanol–water partition coefficient (Wildman–Crippen LogP) is 3.16. The zero-order valence-corrected chi connectivity index (χ0v) is 12.7. The number of aromatic nitrogens is 2. The Morgan fingerprint density at radius 2 is 2.21 bits per heavy atom. The van der Waals surface area contributed by atoms with Gasteiger partial charge in [-0.25, -0.2) is 9.97 Å². The lowest BCUT2D eigenvalue weighted by Crippen LogP contribution is -2.41. The number of amides is 1. The highest BCUT2D eigenvalue weighted by atomic mass is 35.5. The molecule has 1 aromatic heterocycles. The molecular weight excluding hydrogens is 282 g/mol. The fourth-order valence-electron chi connectivity index (χ4n) is 2.38. The van der Waals surface area contributed by atoms with Crippen LogP contribution in [0.2, 0.25) is 5.02 Å². The summed E-state index contributed by atoms with van der Waals surface area (Å²) in [6.07, 6.45) is 7.97. The van der Waals surface area contributed by atoms with Gasteiger partial charge < -0.3 is 5.32 Å². The SMILES string of the molecule is CSc1ncc(Cl)c(C(=O)N[C@H]2CCCC[C@H]2C)n1. The summed E-state index contributed by atoms with van der Waals surface area (Å²) >= 11 is 7.40. The topological polar surface area (TPSA) is 54.9 Å². The quantitative estimate of drug-likeness (QED) is 0.688. The van der Waals surface area contributed by atoms with E-state index in [1.54, 1.807) is 0 Å². The predicted molar refractivity (Wildman–Crippen MR) is 77.7 cm³/mol. The van der Waals surface area contributed by atoms with Crippen molar-refractivity contribution in [3.63, 3.8) is 0 Å². The molecule has 0 spiro atoms. The number of rotatable bonds is 3. The van der Waals surface area contributed by atoms with Crippen LogP contribution in [0.5, 0.6) is 0 Å². The van der Waals surface area contributed by atoms with Gasteiger partial charge in [-0.05, 0) is 25.0 Å². The van der Waals surface area contributed by atoms with E-state index in [0.717, 1.165) is 6.42 Å². The Morgan fingerprint density at radius 3 is 2.89 bits per heavy atom. The monoisotopic (exact) mass is 299 g/mol. The van der Waals surface area contributed by atoms with Crippen molar-refractivity contribution in [3.8, 4) is 0 Å². The van der Waals surface area contributed by atoms with E-state index in [0.29, 0.717) is 16.1 Å². The minimum absolute atomic E-state index is 0.193. The van der Waals surface area contributed by atoms with Gasteiger partial charge in [0, 0.05) is 6.04 Å². The Kier molecular flexibility index (Phi) is 5.05. The average Bonchev–Trinajstić information content (AvgIpc) is 2.42. The molecule has 1 N–H and O–H groups in total. The number of halogens is 1. The molecule has 1 amide bonds. The molecule has 1 aliphatic rings. The Balaban J connectivity index is 2.10. The molecule has 1 saturated carbocycles. The van der Waals surface area contributed by atoms with Crippen molar-refractivity contribution in [3.05, 3.63) is 16.9 Å². The lowest BCUT2D eigenvalue weighted by Gasteiger charge is -2.29. The van der Waals surface area contributed by atoms with Gasteiger partial charge in [0.15, 0.2) is 10.9 Å². The summed E-state index contributed by atoms with van der Waals surface area (Å²) in [4.78, 5) is 20.5. The Hall–Kier alpha value is -0.810. The lowest BCUT2D eigenvalue weighted by atomic mass is 9.86. The first-order valence-electron chi connectivity index (χ1n) is 6.49. The number of nitrogens with one attached hydrogen (secondary N) is 1. The normalized spacial score (nSPS) is 23.1. The van der Waals surface area contributed by atoms with Gasteiger partial charge in [0.1, 0.15) is 0 Å². The largest absolute Gasteiger partial charge is 0.348 e. The molecular formula is C13H18ClN3OS. The van der Waals surface area contributed by atoms with E-state index in [1.165, 1.54) is 37.2 Å². The van der Waals surface area contributed by atoms with Crippen LogP contribution >= 0.6 is 23.4 Å². The first-order chi connectivity index (χ1) is 9.11. The molecule has 1 aliphatic carbocycles. The summed E-state index contributed by atoms with van der Waals surface area (Å²) in [7, 11) is 0. The second kappa shape index (κ2) is 6.57. The summed E-state index contributed by atoms with van der Waals surface area (Å²) in [6.45, 7) is 2.18. The Bertz CT molecular complexity index is 469. The van der Waals surface area contributed by atoms with E-state index >= 15 is 0 Å². The van der Waals surface area contributed by atoms with E-state index < -0.39 is 0 Å². The van der Waals surface area contributed by atoms with Crippen molar-refractivity contribution in [1.82, 2.24) is 15.3 Å². The lowest BCUT2D eigenvalue weighted by molar-refractivity contribution is 0.0904. The van der Waals surface area contributed by atoms with Crippen LogP contribution in [-0.4, -0.2) is 28.2 Å². The molecule has 0 aromatic carbocycles. The molecule has 1 fully saturated rings. The number of hydrogen-bond acceptors (Lipinski definition) is 4. The van der Waals surface area contributed by atoms with E-state index in [1.807, 2.05) is 6.26 Å². The van der Waals surface area contributed by atoms with E-state index in [2.05, 4.69) is 22.2 Å². The van der Waals surface area contributed by atoms with E-state index in [9.17, 15) is 4.79 Å². The van der Waals surface area contributed by atoms with Gasteiger partial charge in [0.25, 0.3) is 5.91 Å². The second-order valence-corrected chi connectivity index (χ2v) is 6.08. The van der Waals surface area contributed by atoms with Crippen LogP contribution in [-0.2, 0) is 0 Å². The maximum atomic E-state index is 12.3. The van der Waals surface area contributed by atoms with Gasteiger partial charge in [0.2, 0.25) is 0 Å². The molecule has 104 valence electrons. The highest BCUT2D eigenvalue weighted by Gasteiger charge is 2.24. The summed E-state index contributed by atoms with van der Waals surface area (Å²) in [5, 5.41) is 3.92. The summed E-state index contributed by atoms with van der Waals surface area (Å²) in [5.41, 5.74) is 0.277. The molecule has 1 aromatic rings. The molecule has 1 heterocycles. The number of hydrogen-bond donors (Lipinski definition) is 1. The van der Waals surface area contributed by atoms with Gasteiger partial charge in [0.05, 0.1) is 11.2 Å². The smallest absolute Gasteiger partial charge is 0.271 e. The van der Waals surface area contributed by atoms with Crippen LogP contribution in [0, 0.1) is 5.92 Å². The van der Waals surface area contributed by atoms with Crippen molar-refractivity contribution in [1.29, 1.82) is 0 Å². The fourth-order valence-corrected chi connectivity index (χ4v) is 2.89.